The van der Waals surface area contributed by atoms with Gasteiger partial charge in [-0.3, -0.25) is 0 Å². The van der Waals surface area contributed by atoms with E-state index in [2.05, 4.69) is 32.9 Å². The Labute approximate surface area is 209 Å². The Balaban J connectivity index is 1.75. The van der Waals surface area contributed by atoms with E-state index in [4.69, 9.17) is 14.2 Å². The van der Waals surface area contributed by atoms with Crippen molar-refractivity contribution in [2.24, 2.45) is 0 Å². The van der Waals surface area contributed by atoms with E-state index in [1.165, 1.54) is 6.42 Å². The van der Waals surface area contributed by atoms with Crippen molar-refractivity contribution in [1.29, 1.82) is 0 Å². The summed E-state index contributed by atoms with van der Waals surface area (Å²) in [5.41, 5.74) is 0. The van der Waals surface area contributed by atoms with Crippen LogP contribution in [0.2, 0.25) is 0 Å². The molecule has 0 aromatic heterocycles. The van der Waals surface area contributed by atoms with Crippen LogP contribution in [-0.2, 0) is 0 Å². The van der Waals surface area contributed by atoms with Gasteiger partial charge in [0.15, 0.2) is 0 Å². The number of carbonyl (C=O) groups is 1. The van der Waals surface area contributed by atoms with Gasteiger partial charge in [0, 0.05) is 34.1 Å². The molecule has 0 N–H and O–H groups in total. The van der Waals surface area contributed by atoms with Gasteiger partial charge in [0.1, 0.15) is 17.2 Å². The van der Waals surface area contributed by atoms with Crippen LogP contribution in [0.1, 0.15) is 72.1 Å². The smallest absolute Gasteiger partial charge is 0.415 e. The van der Waals surface area contributed by atoms with Crippen molar-refractivity contribution in [3.8, 4) is 17.2 Å². The molecule has 5 nitrogen and oxygen atoms in total. The fourth-order valence-corrected chi connectivity index (χ4v) is 4.91. The zero-order valence-corrected chi connectivity index (χ0v) is 21.5. The maximum absolute atomic E-state index is 13.1. The lowest BCUT2D eigenvalue weighted by atomic mass is 10.00. The lowest BCUT2D eigenvalue weighted by Crippen LogP contribution is -2.44. The summed E-state index contributed by atoms with van der Waals surface area (Å²) in [5.74, 6) is 2.24. The monoisotopic (exact) mass is 477 g/mol. The third kappa shape index (κ3) is 5.66. The van der Waals surface area contributed by atoms with Crippen LogP contribution in [0.15, 0.2) is 42.5 Å². The highest BCUT2D eigenvalue weighted by Crippen LogP contribution is 2.44. The zero-order chi connectivity index (χ0) is 24.6. The van der Waals surface area contributed by atoms with Gasteiger partial charge in [-0.25, -0.2) is 4.79 Å². The SMILES string of the molecule is CCCCOc1c2ccccc2c(OCCCC)c2cc(OC(=O)N3CCCCC3CC)ccc12. The molecule has 3 aromatic carbocycles. The Morgan fingerprint density at radius 3 is 2.11 bits per heavy atom. The molecule has 1 amide bonds. The van der Waals surface area contributed by atoms with Crippen LogP contribution in [0.4, 0.5) is 4.79 Å². The predicted molar refractivity (Wildman–Crippen MR) is 143 cm³/mol. The number of unbranched alkanes of at least 4 members (excludes halogenated alkanes) is 2. The maximum atomic E-state index is 13.1. The highest BCUT2D eigenvalue weighted by molar-refractivity contribution is 6.11. The topological polar surface area (TPSA) is 48.0 Å². The summed E-state index contributed by atoms with van der Waals surface area (Å²) in [7, 11) is 0. The van der Waals surface area contributed by atoms with E-state index in [-0.39, 0.29) is 12.1 Å². The van der Waals surface area contributed by atoms with Crippen LogP contribution in [-0.4, -0.2) is 36.8 Å². The first kappa shape index (κ1) is 25.2. The summed E-state index contributed by atoms with van der Waals surface area (Å²) in [4.78, 5) is 15.0. The Morgan fingerprint density at radius 1 is 0.857 bits per heavy atom. The standard InChI is InChI=1S/C30H39NO4/c1-4-7-19-33-28-24-14-9-10-15-25(24)29(34-20-8-5-2)27-21-23(16-17-26(27)28)35-30(32)31-18-12-11-13-22(31)6-3/h9-10,14-17,21-22H,4-8,11-13,18-20H2,1-3H3. The van der Waals surface area contributed by atoms with E-state index in [9.17, 15) is 4.79 Å². The van der Waals surface area contributed by atoms with Crippen LogP contribution in [0.3, 0.4) is 0 Å². The quantitative estimate of drug-likeness (QED) is 0.218. The first-order valence-electron chi connectivity index (χ1n) is 13.4. The van der Waals surface area contributed by atoms with Gasteiger partial charge in [-0.05, 0) is 56.7 Å². The molecule has 1 fully saturated rings. The number of piperidine rings is 1. The van der Waals surface area contributed by atoms with E-state index >= 15 is 0 Å². The first-order valence-corrected chi connectivity index (χ1v) is 13.4. The third-order valence-corrected chi connectivity index (χ3v) is 6.92. The number of hydrogen-bond donors (Lipinski definition) is 0. The number of hydrogen-bond acceptors (Lipinski definition) is 4. The Morgan fingerprint density at radius 2 is 1.49 bits per heavy atom. The van der Waals surface area contributed by atoms with E-state index in [1.807, 2.05) is 35.2 Å². The van der Waals surface area contributed by atoms with E-state index < -0.39 is 0 Å². The summed E-state index contributed by atoms with van der Waals surface area (Å²) in [6.45, 7) is 8.52. The Kier molecular flexibility index (Phi) is 8.73. The van der Waals surface area contributed by atoms with Crippen molar-refractivity contribution in [1.82, 2.24) is 4.90 Å². The van der Waals surface area contributed by atoms with E-state index in [0.717, 1.165) is 84.5 Å². The van der Waals surface area contributed by atoms with Crippen molar-refractivity contribution in [3.05, 3.63) is 42.5 Å². The summed E-state index contributed by atoms with van der Waals surface area (Å²) in [6, 6.07) is 14.3. The third-order valence-electron chi connectivity index (χ3n) is 6.92. The molecule has 1 unspecified atom stereocenters. The Bertz CT molecular complexity index is 1140. The maximum Gasteiger partial charge on any atom is 0.415 e. The van der Waals surface area contributed by atoms with Crippen LogP contribution in [0.5, 0.6) is 17.2 Å². The number of carbonyl (C=O) groups excluding carboxylic acids is 1. The van der Waals surface area contributed by atoms with Gasteiger partial charge in [0.2, 0.25) is 0 Å². The van der Waals surface area contributed by atoms with Crippen LogP contribution >= 0.6 is 0 Å². The molecule has 0 spiro atoms. The minimum Gasteiger partial charge on any atom is -0.492 e. The number of benzene rings is 3. The molecule has 0 radical (unpaired) electrons. The van der Waals surface area contributed by atoms with Gasteiger partial charge in [0.25, 0.3) is 0 Å². The van der Waals surface area contributed by atoms with E-state index in [0.29, 0.717) is 19.0 Å². The molecule has 3 aromatic rings. The van der Waals surface area contributed by atoms with Gasteiger partial charge in [-0.15, -0.1) is 0 Å². The molecule has 0 bridgehead atoms. The fourth-order valence-electron chi connectivity index (χ4n) is 4.91. The number of nitrogens with zero attached hydrogens (tertiary/aromatic N) is 1. The van der Waals surface area contributed by atoms with Crippen molar-refractivity contribution in [2.75, 3.05) is 19.8 Å². The summed E-state index contributed by atoms with van der Waals surface area (Å²) >= 11 is 0. The molecule has 1 saturated heterocycles. The number of fused-ring (bicyclic) bond motifs is 2. The number of rotatable bonds is 10. The average Bonchev–Trinajstić information content (AvgIpc) is 2.89. The van der Waals surface area contributed by atoms with Crippen molar-refractivity contribution in [2.45, 2.75) is 78.2 Å². The molecule has 0 saturated carbocycles. The molecule has 5 heteroatoms. The highest BCUT2D eigenvalue weighted by Gasteiger charge is 2.27. The molecule has 4 rings (SSSR count). The first-order chi connectivity index (χ1) is 17.2. The minimum absolute atomic E-state index is 0.257. The lowest BCUT2D eigenvalue weighted by molar-refractivity contribution is 0.111. The normalized spacial score (nSPS) is 16.0. The fraction of sp³-hybridized carbons (Fsp3) is 0.500. The van der Waals surface area contributed by atoms with Gasteiger partial charge >= 0.3 is 6.09 Å². The highest BCUT2D eigenvalue weighted by atomic mass is 16.6. The second-order valence-electron chi connectivity index (χ2n) is 9.43. The van der Waals surface area contributed by atoms with Gasteiger partial charge in [0.05, 0.1) is 13.2 Å². The number of ether oxygens (including phenoxy) is 3. The molecule has 1 aliphatic rings. The molecular formula is C30H39NO4. The predicted octanol–water partition coefficient (Wildman–Crippen LogP) is 8.11. The summed E-state index contributed by atoms with van der Waals surface area (Å²) in [5, 5.41) is 3.97. The average molecular weight is 478 g/mol. The number of likely N-dealkylation sites (tertiary alicyclic amines) is 1. The van der Waals surface area contributed by atoms with Gasteiger partial charge in [-0.1, -0.05) is 57.9 Å². The Hall–Kier alpha value is -2.95. The molecule has 35 heavy (non-hydrogen) atoms. The van der Waals surface area contributed by atoms with Crippen molar-refractivity contribution in [3.63, 3.8) is 0 Å². The molecule has 1 aliphatic heterocycles. The van der Waals surface area contributed by atoms with Crippen LogP contribution in [0, 0.1) is 0 Å². The van der Waals surface area contributed by atoms with E-state index in [1.54, 1.807) is 0 Å². The molecular weight excluding hydrogens is 438 g/mol. The summed E-state index contributed by atoms with van der Waals surface area (Å²) in [6.07, 6.45) is 8.05. The van der Waals surface area contributed by atoms with Crippen molar-refractivity contribution >= 4 is 27.6 Å². The molecule has 1 atom stereocenters. The second kappa shape index (κ2) is 12.1. The molecule has 1 heterocycles. The van der Waals surface area contributed by atoms with Crippen LogP contribution in [0.25, 0.3) is 21.5 Å². The summed E-state index contributed by atoms with van der Waals surface area (Å²) < 4.78 is 18.6. The van der Waals surface area contributed by atoms with Crippen molar-refractivity contribution < 1.29 is 19.0 Å². The zero-order valence-electron chi connectivity index (χ0n) is 21.5. The second-order valence-corrected chi connectivity index (χ2v) is 9.43. The van der Waals surface area contributed by atoms with Crippen LogP contribution < -0.4 is 14.2 Å². The molecule has 188 valence electrons. The lowest BCUT2D eigenvalue weighted by Gasteiger charge is -2.34. The largest absolute Gasteiger partial charge is 0.492 e. The number of amides is 1. The minimum atomic E-state index is -0.260. The molecule has 0 aliphatic carbocycles. The van der Waals surface area contributed by atoms with Gasteiger partial charge in [-0.2, -0.15) is 0 Å². The van der Waals surface area contributed by atoms with Gasteiger partial charge < -0.3 is 19.1 Å².